The van der Waals surface area contributed by atoms with Crippen LogP contribution in [0.1, 0.15) is 97.3 Å². The van der Waals surface area contributed by atoms with E-state index in [-0.39, 0.29) is 11.5 Å². The second-order valence-electron chi connectivity index (χ2n) is 11.1. The highest BCUT2D eigenvalue weighted by atomic mass is 19.2. The number of benzene rings is 1. The normalized spacial score (nSPS) is 32.2. The molecule has 2 nitrogen and oxygen atoms in total. The van der Waals surface area contributed by atoms with Gasteiger partial charge in [-0.3, -0.25) is 0 Å². The fourth-order valence-corrected chi connectivity index (χ4v) is 7.13. The number of hydrogen-bond donors (Lipinski definition) is 0. The molecular formula is C29H44F2O2. The molecule has 33 heavy (non-hydrogen) atoms. The van der Waals surface area contributed by atoms with Gasteiger partial charge in [0.25, 0.3) is 0 Å². The first-order chi connectivity index (χ1) is 16.1. The predicted octanol–water partition coefficient (Wildman–Crippen LogP) is 8.57. The lowest BCUT2D eigenvalue weighted by molar-refractivity contribution is 0.0541. The molecule has 3 fully saturated rings. The number of halogens is 2. The third-order valence-electron chi connectivity index (χ3n) is 9.07. The monoisotopic (exact) mass is 462 g/mol. The summed E-state index contributed by atoms with van der Waals surface area (Å²) in [5.41, 5.74) is 0. The largest absolute Gasteiger partial charge is 0.491 e. The van der Waals surface area contributed by atoms with Gasteiger partial charge in [0.15, 0.2) is 11.5 Å². The summed E-state index contributed by atoms with van der Waals surface area (Å²) in [7, 11) is 0. The SMILES string of the molecule is CCCCC1CCC2CC(C3CCC(COc4ccc(OCC)c(F)c4F)CC3)CCC2C1. The van der Waals surface area contributed by atoms with Crippen LogP contribution in [-0.4, -0.2) is 13.2 Å². The summed E-state index contributed by atoms with van der Waals surface area (Å²) >= 11 is 0. The van der Waals surface area contributed by atoms with Crippen LogP contribution in [0.2, 0.25) is 0 Å². The van der Waals surface area contributed by atoms with E-state index in [4.69, 9.17) is 9.47 Å². The van der Waals surface area contributed by atoms with Crippen LogP contribution in [0, 0.1) is 47.1 Å². The number of fused-ring (bicyclic) bond motifs is 1. The summed E-state index contributed by atoms with van der Waals surface area (Å²) in [6, 6.07) is 2.95. The molecule has 0 saturated heterocycles. The molecule has 1 aromatic rings. The summed E-state index contributed by atoms with van der Waals surface area (Å²) in [6.07, 6.45) is 17.9. The van der Waals surface area contributed by atoms with Gasteiger partial charge in [0.2, 0.25) is 11.6 Å². The van der Waals surface area contributed by atoms with Crippen molar-refractivity contribution in [2.45, 2.75) is 97.3 Å². The average Bonchev–Trinajstić information content (AvgIpc) is 2.85. The van der Waals surface area contributed by atoms with E-state index >= 15 is 0 Å². The van der Waals surface area contributed by atoms with Gasteiger partial charge in [0.05, 0.1) is 13.2 Å². The minimum absolute atomic E-state index is 0.00550. The van der Waals surface area contributed by atoms with Crippen LogP contribution in [0.15, 0.2) is 12.1 Å². The van der Waals surface area contributed by atoms with Crippen molar-refractivity contribution >= 4 is 0 Å². The number of unbranched alkanes of at least 4 members (excludes halogenated alkanes) is 1. The van der Waals surface area contributed by atoms with Crippen molar-refractivity contribution in [2.24, 2.45) is 35.5 Å². The molecule has 0 spiro atoms. The summed E-state index contributed by atoms with van der Waals surface area (Å²) in [5.74, 6) is 3.29. The van der Waals surface area contributed by atoms with Crippen molar-refractivity contribution in [1.82, 2.24) is 0 Å². The first-order valence-corrected chi connectivity index (χ1v) is 13.8. The Labute approximate surface area is 199 Å². The molecule has 186 valence electrons. The summed E-state index contributed by atoms with van der Waals surface area (Å²) in [4.78, 5) is 0. The van der Waals surface area contributed by atoms with Gasteiger partial charge < -0.3 is 9.47 Å². The Balaban J connectivity index is 1.20. The Bertz CT molecular complexity index is 743. The van der Waals surface area contributed by atoms with Crippen molar-refractivity contribution in [3.63, 3.8) is 0 Å². The van der Waals surface area contributed by atoms with Crippen LogP contribution < -0.4 is 9.47 Å². The summed E-state index contributed by atoms with van der Waals surface area (Å²) in [6.45, 7) is 4.85. The fourth-order valence-electron chi connectivity index (χ4n) is 7.13. The lowest BCUT2D eigenvalue weighted by Crippen LogP contribution is -2.35. The molecular weight excluding hydrogens is 418 g/mol. The highest BCUT2D eigenvalue weighted by molar-refractivity contribution is 5.35. The Hall–Kier alpha value is -1.32. The fraction of sp³-hybridized carbons (Fsp3) is 0.793. The lowest BCUT2D eigenvalue weighted by atomic mass is 9.60. The second kappa shape index (κ2) is 11.9. The van der Waals surface area contributed by atoms with Gasteiger partial charge in [-0.25, -0.2) is 0 Å². The van der Waals surface area contributed by atoms with Crippen molar-refractivity contribution in [3.8, 4) is 11.5 Å². The third-order valence-corrected chi connectivity index (χ3v) is 9.07. The quantitative estimate of drug-likeness (QED) is 0.366. The van der Waals surface area contributed by atoms with Crippen LogP contribution in [0.3, 0.4) is 0 Å². The Morgan fingerprint density at radius 3 is 1.91 bits per heavy atom. The van der Waals surface area contributed by atoms with Gasteiger partial charge in [-0.15, -0.1) is 0 Å². The van der Waals surface area contributed by atoms with E-state index < -0.39 is 11.6 Å². The van der Waals surface area contributed by atoms with Crippen LogP contribution in [0.5, 0.6) is 11.5 Å². The zero-order valence-electron chi connectivity index (χ0n) is 20.8. The maximum absolute atomic E-state index is 14.3. The molecule has 4 heteroatoms. The van der Waals surface area contributed by atoms with E-state index in [0.29, 0.717) is 19.1 Å². The maximum Gasteiger partial charge on any atom is 0.204 e. The molecule has 4 atom stereocenters. The zero-order chi connectivity index (χ0) is 23.2. The standard InChI is InChI=1S/C29H44F2O2/c1-3-5-6-20-7-12-25-18-24(14-13-23(25)17-20)22-10-8-21(9-11-22)19-33-27-16-15-26(32-4-2)28(30)29(27)31/h15-16,20-25H,3-14,17-19H2,1-2H3. The van der Waals surface area contributed by atoms with Gasteiger partial charge in [-0.1, -0.05) is 32.6 Å². The van der Waals surface area contributed by atoms with E-state index in [1.54, 1.807) is 6.92 Å². The molecule has 3 aliphatic rings. The molecule has 0 aliphatic heterocycles. The molecule has 0 aromatic heterocycles. The average molecular weight is 463 g/mol. The number of ether oxygens (including phenoxy) is 2. The van der Waals surface area contributed by atoms with Gasteiger partial charge in [-0.2, -0.15) is 8.78 Å². The van der Waals surface area contributed by atoms with E-state index in [0.717, 1.165) is 42.4 Å². The molecule has 3 aliphatic carbocycles. The Kier molecular flexibility index (Phi) is 8.93. The predicted molar refractivity (Wildman–Crippen MR) is 130 cm³/mol. The van der Waals surface area contributed by atoms with Crippen LogP contribution in [0.25, 0.3) is 0 Å². The van der Waals surface area contributed by atoms with Crippen molar-refractivity contribution in [1.29, 1.82) is 0 Å². The highest BCUT2D eigenvalue weighted by Crippen LogP contribution is 2.49. The first kappa shape index (κ1) is 24.8. The molecule has 0 amide bonds. The molecule has 4 unspecified atom stereocenters. The van der Waals surface area contributed by atoms with E-state index in [1.165, 1.54) is 82.8 Å². The van der Waals surface area contributed by atoms with Gasteiger partial charge in [0, 0.05) is 0 Å². The smallest absolute Gasteiger partial charge is 0.204 e. The van der Waals surface area contributed by atoms with Gasteiger partial charge >= 0.3 is 0 Å². The minimum Gasteiger partial charge on any atom is -0.491 e. The van der Waals surface area contributed by atoms with E-state index in [1.807, 2.05) is 0 Å². The second-order valence-corrected chi connectivity index (χ2v) is 11.1. The maximum atomic E-state index is 14.3. The van der Waals surface area contributed by atoms with Gasteiger partial charge in [-0.05, 0) is 112 Å². The van der Waals surface area contributed by atoms with E-state index in [9.17, 15) is 8.78 Å². The van der Waals surface area contributed by atoms with E-state index in [2.05, 4.69) is 6.92 Å². The highest BCUT2D eigenvalue weighted by Gasteiger charge is 2.38. The van der Waals surface area contributed by atoms with Crippen LogP contribution >= 0.6 is 0 Å². The Morgan fingerprint density at radius 1 is 0.697 bits per heavy atom. The molecule has 3 saturated carbocycles. The van der Waals surface area contributed by atoms with Crippen molar-refractivity contribution in [3.05, 3.63) is 23.8 Å². The summed E-state index contributed by atoms with van der Waals surface area (Å²) in [5, 5.41) is 0. The molecule has 1 aromatic carbocycles. The molecule has 4 rings (SSSR count). The van der Waals surface area contributed by atoms with Crippen LogP contribution in [-0.2, 0) is 0 Å². The number of hydrogen-bond acceptors (Lipinski definition) is 2. The molecule has 0 radical (unpaired) electrons. The zero-order valence-corrected chi connectivity index (χ0v) is 20.8. The molecule has 0 heterocycles. The first-order valence-electron chi connectivity index (χ1n) is 13.8. The van der Waals surface area contributed by atoms with Crippen molar-refractivity contribution in [2.75, 3.05) is 13.2 Å². The lowest BCUT2D eigenvalue weighted by Gasteiger charge is -2.45. The minimum atomic E-state index is -0.951. The topological polar surface area (TPSA) is 18.5 Å². The van der Waals surface area contributed by atoms with Crippen LogP contribution in [0.4, 0.5) is 8.78 Å². The van der Waals surface area contributed by atoms with Crippen molar-refractivity contribution < 1.29 is 18.3 Å². The molecule has 0 bridgehead atoms. The third kappa shape index (κ3) is 6.22. The van der Waals surface area contributed by atoms with Gasteiger partial charge in [0.1, 0.15) is 0 Å². The molecule has 0 N–H and O–H groups in total. The Morgan fingerprint density at radius 2 is 1.24 bits per heavy atom. The summed E-state index contributed by atoms with van der Waals surface area (Å²) < 4.78 is 39.2. The number of rotatable bonds is 9.